The van der Waals surface area contributed by atoms with Crippen LogP contribution in [0.1, 0.15) is 12.8 Å². The van der Waals surface area contributed by atoms with Gasteiger partial charge in [-0.05, 0) is 51.0 Å². The third kappa shape index (κ3) is 3.83. The Morgan fingerprint density at radius 2 is 2.00 bits per heavy atom. The van der Waals surface area contributed by atoms with Crippen LogP contribution in [0, 0.1) is 0 Å². The van der Waals surface area contributed by atoms with E-state index >= 15 is 0 Å². The molecule has 102 valence electrons. The van der Waals surface area contributed by atoms with E-state index in [-0.39, 0.29) is 5.56 Å². The first-order chi connectivity index (χ1) is 9.16. The number of nitrogens with one attached hydrogen (secondary N) is 2. The van der Waals surface area contributed by atoms with Gasteiger partial charge in [0.1, 0.15) is 5.82 Å². The highest BCUT2D eigenvalue weighted by Gasteiger charge is 2.00. The lowest BCUT2D eigenvalue weighted by molar-refractivity contribution is 0.396. The van der Waals surface area contributed by atoms with Gasteiger partial charge in [0.2, 0.25) is 0 Å². The van der Waals surface area contributed by atoms with Gasteiger partial charge in [-0.2, -0.15) is 0 Å². The number of nitrogens with zero attached hydrogens (tertiary/aromatic N) is 1. The highest BCUT2D eigenvalue weighted by molar-refractivity contribution is 5.83. The van der Waals surface area contributed by atoms with Crippen LogP contribution in [0.4, 0.5) is 5.82 Å². The number of rotatable bonds is 6. The first-order valence-electron chi connectivity index (χ1n) is 6.67. The molecule has 0 spiro atoms. The standard InChI is InChI=1S/C15H21N3O/c1-18(2)10-6-5-9-16-14-11-12-7-3-4-8-13(12)15(19)17-14/h3-4,7-8,11H,5-6,9-10H2,1-2H3,(H2,16,17,19). The van der Waals surface area contributed by atoms with Crippen LogP contribution in [0.15, 0.2) is 35.1 Å². The second kappa shape index (κ2) is 6.38. The van der Waals surface area contributed by atoms with Crippen molar-refractivity contribution in [2.75, 3.05) is 32.5 Å². The molecule has 0 radical (unpaired) electrons. The van der Waals surface area contributed by atoms with Crippen LogP contribution in [-0.4, -0.2) is 37.1 Å². The summed E-state index contributed by atoms with van der Waals surface area (Å²) in [7, 11) is 4.16. The summed E-state index contributed by atoms with van der Waals surface area (Å²) in [6.45, 7) is 1.97. The second-order valence-electron chi connectivity index (χ2n) is 5.04. The van der Waals surface area contributed by atoms with E-state index in [1.165, 1.54) is 0 Å². The monoisotopic (exact) mass is 259 g/mol. The van der Waals surface area contributed by atoms with E-state index in [2.05, 4.69) is 29.3 Å². The van der Waals surface area contributed by atoms with Crippen LogP contribution in [0.25, 0.3) is 10.8 Å². The molecule has 2 aromatic rings. The van der Waals surface area contributed by atoms with Gasteiger partial charge in [0.05, 0.1) is 0 Å². The van der Waals surface area contributed by atoms with Crippen LogP contribution < -0.4 is 10.9 Å². The fraction of sp³-hybridized carbons (Fsp3) is 0.400. The zero-order chi connectivity index (χ0) is 13.7. The van der Waals surface area contributed by atoms with E-state index in [1.807, 2.05) is 30.3 Å². The lowest BCUT2D eigenvalue weighted by atomic mass is 10.2. The molecule has 0 saturated heterocycles. The van der Waals surface area contributed by atoms with Crippen LogP contribution in [0.5, 0.6) is 0 Å². The van der Waals surface area contributed by atoms with E-state index in [0.717, 1.165) is 42.5 Å². The predicted octanol–water partition coefficient (Wildman–Crippen LogP) is 2.28. The van der Waals surface area contributed by atoms with E-state index in [0.29, 0.717) is 0 Å². The molecule has 2 N–H and O–H groups in total. The van der Waals surface area contributed by atoms with Gasteiger partial charge in [0.25, 0.3) is 5.56 Å². The van der Waals surface area contributed by atoms with Crippen molar-refractivity contribution >= 4 is 16.6 Å². The van der Waals surface area contributed by atoms with Gasteiger partial charge in [-0.25, -0.2) is 0 Å². The summed E-state index contributed by atoms with van der Waals surface area (Å²) in [5.41, 5.74) is -0.0334. The van der Waals surface area contributed by atoms with Crippen LogP contribution in [0.2, 0.25) is 0 Å². The van der Waals surface area contributed by atoms with E-state index in [1.54, 1.807) is 0 Å². The summed E-state index contributed by atoms with van der Waals surface area (Å²) >= 11 is 0. The predicted molar refractivity (Wildman–Crippen MR) is 80.8 cm³/mol. The van der Waals surface area contributed by atoms with Crippen molar-refractivity contribution in [1.29, 1.82) is 0 Å². The Labute approximate surface area is 113 Å². The molecule has 2 rings (SSSR count). The van der Waals surface area contributed by atoms with E-state index in [4.69, 9.17) is 0 Å². The Balaban J connectivity index is 1.96. The molecule has 0 aliphatic rings. The Hall–Kier alpha value is -1.81. The van der Waals surface area contributed by atoms with Gasteiger partial charge in [-0.3, -0.25) is 4.79 Å². The fourth-order valence-electron chi connectivity index (χ4n) is 2.08. The zero-order valence-electron chi connectivity index (χ0n) is 11.6. The molecule has 0 aliphatic heterocycles. The van der Waals surface area contributed by atoms with E-state index < -0.39 is 0 Å². The number of aromatic nitrogens is 1. The molecular weight excluding hydrogens is 238 g/mol. The van der Waals surface area contributed by atoms with Crippen molar-refractivity contribution in [3.8, 4) is 0 Å². The first kappa shape index (κ1) is 13.6. The van der Waals surface area contributed by atoms with Crippen molar-refractivity contribution < 1.29 is 0 Å². The summed E-state index contributed by atoms with van der Waals surface area (Å²) in [6.07, 6.45) is 2.24. The number of hydrogen-bond acceptors (Lipinski definition) is 3. The zero-order valence-corrected chi connectivity index (χ0v) is 11.6. The number of aromatic amines is 1. The quantitative estimate of drug-likeness (QED) is 0.782. The summed E-state index contributed by atoms with van der Waals surface area (Å²) in [4.78, 5) is 16.9. The van der Waals surface area contributed by atoms with Crippen LogP contribution in [0.3, 0.4) is 0 Å². The van der Waals surface area contributed by atoms with Gasteiger partial charge in [-0.15, -0.1) is 0 Å². The number of fused-ring (bicyclic) bond motifs is 1. The second-order valence-corrected chi connectivity index (χ2v) is 5.04. The summed E-state index contributed by atoms with van der Waals surface area (Å²) in [5, 5.41) is 4.99. The van der Waals surface area contributed by atoms with Gasteiger partial charge < -0.3 is 15.2 Å². The third-order valence-electron chi connectivity index (χ3n) is 3.10. The number of anilines is 1. The summed E-state index contributed by atoms with van der Waals surface area (Å²) in [5.74, 6) is 0.800. The van der Waals surface area contributed by atoms with Crippen LogP contribution in [-0.2, 0) is 0 Å². The largest absolute Gasteiger partial charge is 0.372 e. The normalized spacial score (nSPS) is 11.1. The molecule has 0 bridgehead atoms. The topological polar surface area (TPSA) is 48.1 Å². The summed E-state index contributed by atoms with van der Waals surface area (Å²) in [6, 6.07) is 9.62. The van der Waals surface area contributed by atoms with Crippen LogP contribution >= 0.6 is 0 Å². The van der Waals surface area contributed by atoms with Crippen molar-refractivity contribution in [1.82, 2.24) is 9.88 Å². The highest BCUT2D eigenvalue weighted by atomic mass is 16.1. The molecule has 0 atom stereocenters. The van der Waals surface area contributed by atoms with Crippen molar-refractivity contribution in [3.63, 3.8) is 0 Å². The molecule has 0 amide bonds. The average Bonchev–Trinajstić information content (AvgIpc) is 2.38. The fourth-order valence-corrected chi connectivity index (χ4v) is 2.08. The Morgan fingerprint density at radius 3 is 2.79 bits per heavy atom. The molecule has 4 nitrogen and oxygen atoms in total. The number of benzene rings is 1. The smallest absolute Gasteiger partial charge is 0.257 e. The van der Waals surface area contributed by atoms with Crippen molar-refractivity contribution in [3.05, 3.63) is 40.7 Å². The van der Waals surface area contributed by atoms with Gasteiger partial charge in [0, 0.05) is 11.9 Å². The van der Waals surface area contributed by atoms with Gasteiger partial charge in [0.15, 0.2) is 0 Å². The Bertz CT molecular complexity index is 589. The molecule has 1 aromatic carbocycles. The lowest BCUT2D eigenvalue weighted by Crippen LogP contribution is -2.15. The molecule has 1 aromatic heterocycles. The molecule has 1 heterocycles. The van der Waals surface area contributed by atoms with Crippen molar-refractivity contribution in [2.45, 2.75) is 12.8 Å². The Morgan fingerprint density at radius 1 is 1.21 bits per heavy atom. The Kier molecular flexibility index (Phi) is 4.58. The molecule has 0 fully saturated rings. The molecular formula is C15H21N3O. The average molecular weight is 259 g/mol. The minimum absolute atomic E-state index is 0.0334. The maximum Gasteiger partial charge on any atom is 0.257 e. The first-order valence-corrected chi connectivity index (χ1v) is 6.67. The van der Waals surface area contributed by atoms with Crippen molar-refractivity contribution in [2.24, 2.45) is 0 Å². The number of hydrogen-bond donors (Lipinski definition) is 2. The maximum absolute atomic E-state index is 11.9. The minimum Gasteiger partial charge on any atom is -0.372 e. The SMILES string of the molecule is CN(C)CCCCNc1cc2ccccc2c(=O)[nH]1. The number of H-pyrrole nitrogens is 1. The highest BCUT2D eigenvalue weighted by Crippen LogP contribution is 2.12. The molecule has 0 saturated carbocycles. The third-order valence-corrected chi connectivity index (χ3v) is 3.10. The summed E-state index contributed by atoms with van der Waals surface area (Å²) < 4.78 is 0. The van der Waals surface area contributed by atoms with Gasteiger partial charge in [-0.1, -0.05) is 18.2 Å². The molecule has 0 unspecified atom stereocenters. The molecule has 0 aliphatic carbocycles. The van der Waals surface area contributed by atoms with E-state index in [9.17, 15) is 4.79 Å². The number of pyridine rings is 1. The van der Waals surface area contributed by atoms with Gasteiger partial charge >= 0.3 is 0 Å². The molecule has 19 heavy (non-hydrogen) atoms. The maximum atomic E-state index is 11.9. The molecule has 4 heteroatoms. The minimum atomic E-state index is -0.0334. The number of unbranched alkanes of at least 4 members (excludes halogenated alkanes) is 1. The lowest BCUT2D eigenvalue weighted by Gasteiger charge is -2.10.